The van der Waals surface area contributed by atoms with E-state index in [2.05, 4.69) is 4.72 Å². The number of rotatable bonds is 4. The van der Waals surface area contributed by atoms with Gasteiger partial charge in [0, 0.05) is 18.5 Å². The first-order valence-electron chi connectivity index (χ1n) is 6.30. The molecule has 0 aromatic carbocycles. The van der Waals surface area contributed by atoms with Crippen molar-refractivity contribution in [1.82, 2.24) is 9.62 Å². The second kappa shape index (κ2) is 5.74. The lowest BCUT2D eigenvalue weighted by Gasteiger charge is -2.14. The van der Waals surface area contributed by atoms with E-state index in [0.29, 0.717) is 11.4 Å². The van der Waals surface area contributed by atoms with Crippen LogP contribution in [0.4, 0.5) is 0 Å². The summed E-state index contributed by atoms with van der Waals surface area (Å²) in [5.74, 6) is -1.93. The number of hydrogen-bond donors (Lipinski definition) is 2. The van der Waals surface area contributed by atoms with Gasteiger partial charge in [0.15, 0.2) is 0 Å². The van der Waals surface area contributed by atoms with Crippen LogP contribution in [0.25, 0.3) is 0 Å². The van der Waals surface area contributed by atoms with Crippen LogP contribution in [0.3, 0.4) is 0 Å². The summed E-state index contributed by atoms with van der Waals surface area (Å²) in [5, 5.41) is 10.5. The minimum Gasteiger partial charge on any atom is -0.481 e. The van der Waals surface area contributed by atoms with Gasteiger partial charge in [-0.3, -0.25) is 9.59 Å². The first-order valence-corrected chi connectivity index (χ1v) is 8.66. The van der Waals surface area contributed by atoms with Crippen LogP contribution < -0.4 is 4.72 Å². The molecule has 2 rings (SSSR count). The van der Waals surface area contributed by atoms with Crippen LogP contribution in [0, 0.1) is 11.8 Å². The molecule has 0 spiro atoms. The van der Waals surface area contributed by atoms with Crippen molar-refractivity contribution in [2.75, 3.05) is 20.1 Å². The molecule has 1 aliphatic rings. The minimum absolute atomic E-state index is 0.0420. The number of aliphatic carboxylic acids is 1. The van der Waals surface area contributed by atoms with Crippen molar-refractivity contribution in [3.8, 4) is 0 Å². The molecule has 9 heteroatoms. The van der Waals surface area contributed by atoms with Crippen LogP contribution >= 0.6 is 11.3 Å². The fraction of sp³-hybridized carbons (Fsp3) is 0.500. The van der Waals surface area contributed by atoms with Gasteiger partial charge in [0.1, 0.15) is 0 Å². The highest BCUT2D eigenvalue weighted by Crippen LogP contribution is 2.27. The van der Waals surface area contributed by atoms with Crippen LogP contribution in [0.2, 0.25) is 0 Å². The minimum atomic E-state index is -3.57. The first-order chi connectivity index (χ1) is 9.76. The number of carbonyl (C=O) groups is 2. The van der Waals surface area contributed by atoms with Gasteiger partial charge in [0.25, 0.3) is 5.91 Å². The normalized spacial score (nSPS) is 22.5. The molecule has 116 valence electrons. The summed E-state index contributed by atoms with van der Waals surface area (Å²) in [6.45, 7) is 2.31. The molecule has 0 saturated carbocycles. The summed E-state index contributed by atoms with van der Waals surface area (Å²) in [7, 11) is -2.27. The summed E-state index contributed by atoms with van der Waals surface area (Å²) in [4.78, 5) is 25.2. The Morgan fingerprint density at radius 3 is 2.62 bits per heavy atom. The van der Waals surface area contributed by atoms with E-state index in [0.717, 1.165) is 11.3 Å². The van der Waals surface area contributed by atoms with Gasteiger partial charge >= 0.3 is 5.97 Å². The molecule has 2 atom stereocenters. The molecule has 2 heterocycles. The average Bonchev–Trinajstić information content (AvgIpc) is 3.04. The van der Waals surface area contributed by atoms with Crippen molar-refractivity contribution in [3.63, 3.8) is 0 Å². The highest BCUT2D eigenvalue weighted by Gasteiger charge is 2.37. The van der Waals surface area contributed by atoms with Gasteiger partial charge in [-0.25, -0.2) is 13.1 Å². The molecule has 0 aliphatic carbocycles. The van der Waals surface area contributed by atoms with Gasteiger partial charge in [-0.05, 0) is 19.0 Å². The Balaban J connectivity index is 2.17. The maximum Gasteiger partial charge on any atom is 0.308 e. The third-order valence-corrected chi connectivity index (χ3v) is 6.04. The van der Waals surface area contributed by atoms with Crippen LogP contribution in [-0.4, -0.2) is 50.4 Å². The second-order valence-electron chi connectivity index (χ2n) is 4.99. The second-order valence-corrected chi connectivity index (χ2v) is 7.78. The number of likely N-dealkylation sites (tertiary alicyclic amines) is 1. The van der Waals surface area contributed by atoms with Crippen molar-refractivity contribution in [3.05, 3.63) is 16.3 Å². The number of carbonyl (C=O) groups excluding carboxylic acids is 1. The van der Waals surface area contributed by atoms with E-state index in [1.165, 1.54) is 23.4 Å². The van der Waals surface area contributed by atoms with E-state index in [1.54, 1.807) is 6.92 Å². The maximum atomic E-state index is 12.3. The Bertz CT molecular complexity index is 667. The topological polar surface area (TPSA) is 104 Å². The smallest absolute Gasteiger partial charge is 0.308 e. The Kier molecular flexibility index (Phi) is 4.35. The molecule has 1 saturated heterocycles. The quantitative estimate of drug-likeness (QED) is 0.833. The van der Waals surface area contributed by atoms with Crippen molar-refractivity contribution in [2.45, 2.75) is 11.8 Å². The van der Waals surface area contributed by atoms with Gasteiger partial charge in [0.2, 0.25) is 10.0 Å². The Hall–Kier alpha value is -1.45. The maximum absolute atomic E-state index is 12.3. The highest BCUT2D eigenvalue weighted by atomic mass is 32.2. The molecular formula is C12H16N2O5S2. The average molecular weight is 332 g/mol. The van der Waals surface area contributed by atoms with Crippen molar-refractivity contribution < 1.29 is 23.1 Å². The summed E-state index contributed by atoms with van der Waals surface area (Å²) >= 11 is 1.04. The number of amides is 1. The number of nitrogens with zero attached hydrogens (tertiary/aromatic N) is 1. The summed E-state index contributed by atoms with van der Waals surface area (Å²) in [6.07, 6.45) is 0. The Morgan fingerprint density at radius 1 is 1.43 bits per heavy atom. The molecule has 1 fully saturated rings. The number of sulfonamides is 1. The lowest BCUT2D eigenvalue weighted by atomic mass is 9.99. The van der Waals surface area contributed by atoms with E-state index in [4.69, 9.17) is 5.11 Å². The zero-order chi connectivity index (χ0) is 15.8. The third kappa shape index (κ3) is 3.09. The van der Waals surface area contributed by atoms with Crippen molar-refractivity contribution >= 4 is 33.2 Å². The van der Waals surface area contributed by atoms with E-state index in [-0.39, 0.29) is 23.3 Å². The first kappa shape index (κ1) is 15.9. The summed E-state index contributed by atoms with van der Waals surface area (Å²) < 4.78 is 25.5. The molecular weight excluding hydrogens is 316 g/mol. The van der Waals surface area contributed by atoms with E-state index in [1.807, 2.05) is 0 Å². The number of carboxylic acids is 1. The molecule has 1 aliphatic heterocycles. The SMILES string of the molecule is CNS(=O)(=O)c1csc(C(=O)N2C[C@@H](C)[C@H](C(=O)O)C2)c1. The molecule has 1 aromatic heterocycles. The lowest BCUT2D eigenvalue weighted by molar-refractivity contribution is -0.142. The van der Waals surface area contributed by atoms with Gasteiger partial charge < -0.3 is 10.0 Å². The van der Waals surface area contributed by atoms with E-state index < -0.39 is 21.9 Å². The lowest BCUT2D eigenvalue weighted by Crippen LogP contribution is -2.29. The number of thiophene rings is 1. The molecule has 1 aromatic rings. The molecule has 2 N–H and O–H groups in total. The molecule has 0 unspecified atom stereocenters. The van der Waals surface area contributed by atoms with Gasteiger partial charge in [-0.15, -0.1) is 11.3 Å². The monoisotopic (exact) mass is 332 g/mol. The fourth-order valence-electron chi connectivity index (χ4n) is 2.30. The Labute approximate surface area is 126 Å². The number of hydrogen-bond acceptors (Lipinski definition) is 5. The van der Waals surface area contributed by atoms with Crippen LogP contribution in [0.5, 0.6) is 0 Å². The number of carboxylic acid groups (broad SMARTS) is 1. The standard InChI is InChI=1S/C12H16N2O5S2/c1-7-4-14(5-9(7)12(16)17)11(15)10-3-8(6-20-10)21(18,19)13-2/h3,6-7,9,13H,4-5H2,1-2H3,(H,16,17)/t7-,9-/m1/s1. The van der Waals surface area contributed by atoms with Gasteiger partial charge in [0.05, 0.1) is 15.7 Å². The molecule has 0 radical (unpaired) electrons. The van der Waals surface area contributed by atoms with Gasteiger partial charge in [-0.2, -0.15) is 0 Å². The zero-order valence-electron chi connectivity index (χ0n) is 11.6. The highest BCUT2D eigenvalue weighted by molar-refractivity contribution is 7.89. The molecule has 1 amide bonds. The van der Waals surface area contributed by atoms with Crippen LogP contribution in [-0.2, 0) is 14.8 Å². The molecule has 0 bridgehead atoms. The fourth-order valence-corrected chi connectivity index (χ4v) is 4.27. The van der Waals surface area contributed by atoms with Crippen molar-refractivity contribution in [1.29, 1.82) is 0 Å². The summed E-state index contributed by atoms with van der Waals surface area (Å²) in [6, 6.07) is 1.32. The molecule has 7 nitrogen and oxygen atoms in total. The Morgan fingerprint density at radius 2 is 2.10 bits per heavy atom. The predicted molar refractivity (Wildman–Crippen MR) is 76.8 cm³/mol. The largest absolute Gasteiger partial charge is 0.481 e. The zero-order valence-corrected chi connectivity index (χ0v) is 13.2. The van der Waals surface area contributed by atoms with Crippen LogP contribution in [0.1, 0.15) is 16.6 Å². The van der Waals surface area contributed by atoms with Gasteiger partial charge in [-0.1, -0.05) is 6.92 Å². The van der Waals surface area contributed by atoms with Crippen molar-refractivity contribution in [2.24, 2.45) is 11.8 Å². The summed E-state index contributed by atoms with van der Waals surface area (Å²) in [5.41, 5.74) is 0. The van der Waals surface area contributed by atoms with E-state index >= 15 is 0 Å². The van der Waals surface area contributed by atoms with E-state index in [9.17, 15) is 18.0 Å². The molecule has 21 heavy (non-hydrogen) atoms. The predicted octanol–water partition coefficient (Wildman–Crippen LogP) is 0.449. The third-order valence-electron chi connectivity index (χ3n) is 3.58. The van der Waals surface area contributed by atoms with Crippen LogP contribution in [0.15, 0.2) is 16.3 Å². The number of nitrogens with one attached hydrogen (secondary N) is 1.